The maximum Gasteiger partial charge on any atom is 0.126 e. The van der Waals surface area contributed by atoms with Crippen LogP contribution >= 0.6 is 0 Å². The molecule has 22 heavy (non-hydrogen) atoms. The van der Waals surface area contributed by atoms with Gasteiger partial charge in [0, 0.05) is 11.8 Å². The number of para-hydroxylation sites is 1. The van der Waals surface area contributed by atoms with Gasteiger partial charge in [0.05, 0.1) is 7.11 Å². The first kappa shape index (κ1) is 19.9. The summed E-state index contributed by atoms with van der Waals surface area (Å²) in [4.78, 5) is 0. The highest BCUT2D eigenvalue weighted by Crippen LogP contribution is 2.19. The third kappa shape index (κ3) is 9.76. The van der Waals surface area contributed by atoms with Gasteiger partial charge >= 0.3 is 0 Å². The first-order valence-electron chi connectivity index (χ1n) is 7.84. The Balaban J connectivity index is 0.000000763. The molecule has 2 heteroatoms. The second-order valence-electron chi connectivity index (χ2n) is 4.89. The Morgan fingerprint density at radius 3 is 2.36 bits per heavy atom. The number of nitrogens with one attached hydrogen (secondary N) is 1. The van der Waals surface area contributed by atoms with Gasteiger partial charge in [0.1, 0.15) is 5.75 Å². The van der Waals surface area contributed by atoms with Gasteiger partial charge < -0.3 is 10.1 Å². The van der Waals surface area contributed by atoms with E-state index in [1.54, 1.807) is 13.2 Å². The van der Waals surface area contributed by atoms with Crippen LogP contribution in [0.1, 0.15) is 45.6 Å². The van der Waals surface area contributed by atoms with Gasteiger partial charge in [-0.25, -0.2) is 0 Å². The third-order valence-electron chi connectivity index (χ3n) is 2.94. The molecule has 1 aromatic rings. The van der Waals surface area contributed by atoms with Gasteiger partial charge in [-0.2, -0.15) is 0 Å². The molecule has 0 fully saturated rings. The zero-order valence-electron chi connectivity index (χ0n) is 14.3. The smallest absolute Gasteiger partial charge is 0.126 e. The summed E-state index contributed by atoms with van der Waals surface area (Å²) in [6, 6.07) is 7.88. The highest BCUT2D eigenvalue weighted by Gasteiger charge is 1.95. The molecule has 1 N–H and O–H groups in total. The largest absolute Gasteiger partial charge is 0.496 e. The minimum atomic E-state index is 0.867. The number of hydrogen-bond donors (Lipinski definition) is 1. The summed E-state index contributed by atoms with van der Waals surface area (Å²) >= 11 is 0. The van der Waals surface area contributed by atoms with Crippen molar-refractivity contribution >= 4 is 12.3 Å². The third-order valence-corrected chi connectivity index (χ3v) is 2.94. The van der Waals surface area contributed by atoms with Crippen LogP contribution < -0.4 is 4.74 Å². The van der Waals surface area contributed by atoms with E-state index in [-0.39, 0.29) is 0 Å². The number of unbranched alkanes of at least 4 members (excludes halogenated alkanes) is 2. The molecule has 0 spiro atoms. The molecule has 0 aliphatic heterocycles. The molecule has 1 aromatic carbocycles. The van der Waals surface area contributed by atoms with Gasteiger partial charge in [0.25, 0.3) is 0 Å². The first-order valence-corrected chi connectivity index (χ1v) is 7.84. The standard InChI is InChI=1S/C15H17NO.C5H12/c1-13(7-5-6-12-16)10-11-14-8-3-4-9-15(14)17-2;1-3-5-4-2/h3-12,16H,1-2H3;3-5H2,1-2H3/b6-5-,11-10+,13-7+,16-12?;. The SMILES string of the molecule is CCCCC.COc1ccccc1/C=C/C(C)=C/C=C\C=N. The van der Waals surface area contributed by atoms with Crippen molar-refractivity contribution in [3.8, 4) is 5.75 Å². The Kier molecular flexibility index (Phi) is 12.6. The predicted octanol–water partition coefficient (Wildman–Crippen LogP) is 6.06. The molecule has 2 nitrogen and oxygen atoms in total. The summed E-state index contributed by atoms with van der Waals surface area (Å²) in [5.74, 6) is 0.867. The average molecular weight is 299 g/mol. The quantitative estimate of drug-likeness (QED) is 0.482. The lowest BCUT2D eigenvalue weighted by Gasteiger charge is -2.03. The highest BCUT2D eigenvalue weighted by atomic mass is 16.5. The Bertz CT molecular complexity index is 496. The summed E-state index contributed by atoms with van der Waals surface area (Å²) in [5.41, 5.74) is 2.17. The summed E-state index contributed by atoms with van der Waals surface area (Å²) in [5, 5.41) is 6.86. The first-order chi connectivity index (χ1) is 10.7. The number of allylic oxidation sites excluding steroid dienone is 5. The molecule has 0 aliphatic carbocycles. The lowest BCUT2D eigenvalue weighted by atomic mass is 10.1. The van der Waals surface area contributed by atoms with E-state index in [9.17, 15) is 0 Å². The molecule has 0 amide bonds. The Labute approximate surface area is 135 Å². The molecule has 0 aromatic heterocycles. The molecule has 120 valence electrons. The molecule has 0 saturated carbocycles. The van der Waals surface area contributed by atoms with Gasteiger partial charge in [0.2, 0.25) is 0 Å². The van der Waals surface area contributed by atoms with Gasteiger partial charge in [-0.3, -0.25) is 0 Å². The molecular formula is C20H29NO. The molecule has 0 saturated heterocycles. The number of rotatable bonds is 7. The molecule has 0 bridgehead atoms. The van der Waals surface area contributed by atoms with Crippen molar-refractivity contribution in [3.05, 3.63) is 59.7 Å². The maximum absolute atomic E-state index is 6.86. The second-order valence-corrected chi connectivity index (χ2v) is 4.89. The van der Waals surface area contributed by atoms with E-state index in [1.165, 1.54) is 25.5 Å². The van der Waals surface area contributed by atoms with Crippen molar-refractivity contribution in [3.63, 3.8) is 0 Å². The summed E-state index contributed by atoms with van der Waals surface area (Å²) in [7, 11) is 1.67. The van der Waals surface area contributed by atoms with Crippen LogP contribution in [-0.4, -0.2) is 13.3 Å². The monoisotopic (exact) mass is 299 g/mol. The van der Waals surface area contributed by atoms with E-state index < -0.39 is 0 Å². The molecule has 0 radical (unpaired) electrons. The molecule has 0 unspecified atom stereocenters. The van der Waals surface area contributed by atoms with Crippen molar-refractivity contribution in [2.75, 3.05) is 7.11 Å². The molecule has 1 rings (SSSR count). The van der Waals surface area contributed by atoms with Crippen molar-refractivity contribution in [2.45, 2.75) is 40.0 Å². The number of hydrogen-bond acceptors (Lipinski definition) is 2. The summed E-state index contributed by atoms with van der Waals surface area (Å²) in [6.07, 6.45) is 14.8. The average Bonchev–Trinajstić information content (AvgIpc) is 2.55. The van der Waals surface area contributed by atoms with Crippen LogP contribution in [0.4, 0.5) is 0 Å². The topological polar surface area (TPSA) is 33.1 Å². The van der Waals surface area contributed by atoms with Gasteiger partial charge in [-0.1, -0.05) is 81.2 Å². The van der Waals surface area contributed by atoms with Crippen molar-refractivity contribution in [1.82, 2.24) is 0 Å². The maximum atomic E-state index is 6.86. The summed E-state index contributed by atoms with van der Waals surface area (Å²) < 4.78 is 5.26. The number of benzene rings is 1. The zero-order chi connectivity index (χ0) is 16.6. The predicted molar refractivity (Wildman–Crippen MR) is 98.9 cm³/mol. The van der Waals surface area contributed by atoms with Crippen LogP contribution in [0.5, 0.6) is 5.75 Å². The van der Waals surface area contributed by atoms with Crippen molar-refractivity contribution in [2.24, 2.45) is 0 Å². The molecule has 0 heterocycles. The lowest BCUT2D eigenvalue weighted by Crippen LogP contribution is -1.85. The van der Waals surface area contributed by atoms with Crippen LogP contribution in [0.25, 0.3) is 6.08 Å². The van der Waals surface area contributed by atoms with Crippen LogP contribution in [0, 0.1) is 5.41 Å². The van der Waals surface area contributed by atoms with E-state index >= 15 is 0 Å². The van der Waals surface area contributed by atoms with Crippen LogP contribution in [0.3, 0.4) is 0 Å². The number of ether oxygens (including phenoxy) is 1. The van der Waals surface area contributed by atoms with Gasteiger partial charge in [0.15, 0.2) is 0 Å². The van der Waals surface area contributed by atoms with E-state index in [1.807, 2.05) is 55.5 Å². The molecule has 0 atom stereocenters. The van der Waals surface area contributed by atoms with Crippen LogP contribution in [-0.2, 0) is 0 Å². The van der Waals surface area contributed by atoms with E-state index in [0.717, 1.165) is 16.9 Å². The van der Waals surface area contributed by atoms with Gasteiger partial charge in [-0.05, 0) is 19.1 Å². The van der Waals surface area contributed by atoms with E-state index in [2.05, 4.69) is 13.8 Å². The van der Waals surface area contributed by atoms with Gasteiger partial charge in [-0.15, -0.1) is 0 Å². The number of methoxy groups -OCH3 is 1. The van der Waals surface area contributed by atoms with Crippen molar-refractivity contribution < 1.29 is 4.74 Å². The van der Waals surface area contributed by atoms with Crippen LogP contribution in [0.15, 0.2) is 54.1 Å². The molecule has 0 aliphatic rings. The fourth-order valence-electron chi connectivity index (χ4n) is 1.70. The van der Waals surface area contributed by atoms with Crippen molar-refractivity contribution in [1.29, 1.82) is 5.41 Å². The van der Waals surface area contributed by atoms with E-state index in [4.69, 9.17) is 10.1 Å². The Hall–Kier alpha value is -2.09. The Morgan fingerprint density at radius 1 is 1.14 bits per heavy atom. The minimum Gasteiger partial charge on any atom is -0.496 e. The second kappa shape index (κ2) is 13.9. The minimum absolute atomic E-state index is 0.867. The fourth-order valence-corrected chi connectivity index (χ4v) is 1.70. The normalized spacial score (nSPS) is 11.4. The van der Waals surface area contributed by atoms with Crippen LogP contribution in [0.2, 0.25) is 0 Å². The molecular weight excluding hydrogens is 270 g/mol. The fraction of sp³-hybridized carbons (Fsp3) is 0.350. The highest BCUT2D eigenvalue weighted by molar-refractivity contribution is 5.68. The van der Waals surface area contributed by atoms with E-state index in [0.29, 0.717) is 0 Å². The Morgan fingerprint density at radius 2 is 1.82 bits per heavy atom. The lowest BCUT2D eigenvalue weighted by molar-refractivity contribution is 0.414. The zero-order valence-corrected chi connectivity index (χ0v) is 14.3. The summed E-state index contributed by atoms with van der Waals surface area (Å²) in [6.45, 7) is 6.44.